The number of aromatic nitrogens is 2. The van der Waals surface area contributed by atoms with Crippen molar-refractivity contribution in [2.24, 2.45) is 16.7 Å². The highest BCUT2D eigenvalue weighted by Crippen LogP contribution is 2.64. The third-order valence-electron chi connectivity index (χ3n) is 5.43. The van der Waals surface area contributed by atoms with Gasteiger partial charge in [0.1, 0.15) is 11.6 Å². The molecule has 8 heteroatoms. The maximum absolute atomic E-state index is 12.5. The van der Waals surface area contributed by atoms with Crippen LogP contribution in [0.3, 0.4) is 0 Å². The fourth-order valence-corrected chi connectivity index (χ4v) is 6.25. The molecular formula is C13H18BrN3O3S. The predicted octanol–water partition coefficient (Wildman–Crippen LogP) is 2.31. The second-order valence-electron chi connectivity index (χ2n) is 6.62. The molecular weight excluding hydrogens is 358 g/mol. The summed E-state index contributed by atoms with van der Waals surface area (Å²) in [5.41, 5.74) is -1.01. The zero-order chi connectivity index (χ0) is 15.5. The Bertz CT molecular complexity index is 697. The van der Waals surface area contributed by atoms with E-state index in [-0.39, 0.29) is 17.0 Å². The number of hydrogen-bond acceptors (Lipinski definition) is 4. The minimum Gasteiger partial charge on any atom is -0.299 e. The van der Waals surface area contributed by atoms with E-state index in [1.54, 1.807) is 0 Å². The van der Waals surface area contributed by atoms with E-state index in [1.165, 1.54) is 6.20 Å². The number of anilines is 1. The highest BCUT2D eigenvalue weighted by molar-refractivity contribution is 9.10. The van der Waals surface area contributed by atoms with Crippen LogP contribution >= 0.6 is 15.9 Å². The number of carbonyl (C=O) groups excluding carboxylic acids is 1. The summed E-state index contributed by atoms with van der Waals surface area (Å²) < 4.78 is 28.0. The lowest BCUT2D eigenvalue weighted by molar-refractivity contribution is -0.128. The Hall–Kier alpha value is -0.890. The molecule has 0 spiro atoms. The molecule has 2 N–H and O–H groups in total. The number of ketones is 1. The molecule has 0 saturated heterocycles. The van der Waals surface area contributed by atoms with Crippen LogP contribution in [-0.2, 0) is 14.8 Å². The van der Waals surface area contributed by atoms with Crippen molar-refractivity contribution in [3.63, 3.8) is 0 Å². The van der Waals surface area contributed by atoms with Gasteiger partial charge in [0.2, 0.25) is 10.0 Å². The van der Waals surface area contributed by atoms with Gasteiger partial charge in [0.15, 0.2) is 0 Å². The predicted molar refractivity (Wildman–Crippen MR) is 82.3 cm³/mol. The molecule has 2 bridgehead atoms. The number of rotatable bonds is 4. The molecule has 2 saturated carbocycles. The van der Waals surface area contributed by atoms with Gasteiger partial charge in [-0.25, -0.2) is 8.42 Å². The van der Waals surface area contributed by atoms with Gasteiger partial charge in [-0.2, -0.15) is 5.10 Å². The topological polar surface area (TPSA) is 91.9 Å². The summed E-state index contributed by atoms with van der Waals surface area (Å²) in [6.07, 6.45) is 3.58. The average Bonchev–Trinajstić information content (AvgIpc) is 2.90. The zero-order valence-corrected chi connectivity index (χ0v) is 14.3. The standard InChI is InChI=1S/C13H18BrN3O3S/c1-12(2)8-3-4-13(12,10(18)5-8)7-21(19,20)17-11-9(14)6-15-16-11/h6,8H,3-5,7H2,1-2H3,(H2,15,16,17)/t8-,13?/m0/s1. The molecule has 3 rings (SSSR count). The number of nitrogens with zero attached hydrogens (tertiary/aromatic N) is 1. The van der Waals surface area contributed by atoms with E-state index in [1.807, 2.05) is 13.8 Å². The Kier molecular flexibility index (Phi) is 3.26. The Morgan fingerprint density at radius 2 is 2.24 bits per heavy atom. The number of nitrogens with one attached hydrogen (secondary N) is 2. The van der Waals surface area contributed by atoms with Crippen molar-refractivity contribution in [1.29, 1.82) is 0 Å². The molecule has 2 atom stereocenters. The summed E-state index contributed by atoms with van der Waals surface area (Å²) >= 11 is 3.22. The summed E-state index contributed by atoms with van der Waals surface area (Å²) in [4.78, 5) is 12.4. The lowest BCUT2D eigenvalue weighted by atomic mass is 9.70. The molecule has 0 amide bonds. The molecule has 6 nitrogen and oxygen atoms in total. The smallest absolute Gasteiger partial charge is 0.234 e. The number of sulfonamides is 1. The third-order valence-corrected chi connectivity index (χ3v) is 7.42. The van der Waals surface area contributed by atoms with Crippen molar-refractivity contribution in [3.8, 4) is 0 Å². The maximum atomic E-state index is 12.5. The van der Waals surface area contributed by atoms with Gasteiger partial charge in [-0.05, 0) is 40.1 Å². The quantitative estimate of drug-likeness (QED) is 0.844. The first-order chi connectivity index (χ1) is 9.68. The van der Waals surface area contributed by atoms with Crippen LogP contribution in [0, 0.1) is 16.7 Å². The highest BCUT2D eigenvalue weighted by atomic mass is 79.9. The number of H-pyrrole nitrogens is 1. The van der Waals surface area contributed by atoms with E-state index in [0.717, 1.165) is 6.42 Å². The maximum Gasteiger partial charge on any atom is 0.234 e. The van der Waals surface area contributed by atoms with E-state index in [9.17, 15) is 13.2 Å². The van der Waals surface area contributed by atoms with Crippen LogP contribution in [0.1, 0.15) is 33.1 Å². The van der Waals surface area contributed by atoms with Crippen molar-refractivity contribution in [2.45, 2.75) is 33.1 Å². The van der Waals surface area contributed by atoms with Crippen LogP contribution in [-0.4, -0.2) is 30.2 Å². The molecule has 1 unspecified atom stereocenters. The fourth-order valence-electron chi connectivity index (χ4n) is 3.97. The summed E-state index contributed by atoms with van der Waals surface area (Å²) in [5.74, 6) is 0.537. The molecule has 2 fully saturated rings. The SMILES string of the molecule is CC1(C)[C@H]2CCC1(CS(=O)(=O)Nc1[nH]ncc1Br)C(=O)C2. The van der Waals surface area contributed by atoms with Gasteiger partial charge < -0.3 is 0 Å². The van der Waals surface area contributed by atoms with E-state index in [4.69, 9.17) is 0 Å². The van der Waals surface area contributed by atoms with Crippen molar-refractivity contribution in [2.75, 3.05) is 10.5 Å². The minimum absolute atomic E-state index is 0.0952. The number of carbonyl (C=O) groups is 1. The second-order valence-corrected chi connectivity index (χ2v) is 9.20. The van der Waals surface area contributed by atoms with Gasteiger partial charge in [-0.15, -0.1) is 0 Å². The third kappa shape index (κ3) is 2.14. The Balaban J connectivity index is 1.89. The molecule has 0 aliphatic heterocycles. The van der Waals surface area contributed by atoms with Gasteiger partial charge in [-0.1, -0.05) is 13.8 Å². The fraction of sp³-hybridized carbons (Fsp3) is 0.692. The molecule has 0 aromatic carbocycles. The largest absolute Gasteiger partial charge is 0.299 e. The van der Waals surface area contributed by atoms with Crippen LogP contribution in [0.25, 0.3) is 0 Å². The monoisotopic (exact) mass is 375 g/mol. The van der Waals surface area contributed by atoms with Gasteiger partial charge in [0, 0.05) is 6.42 Å². The first kappa shape index (κ1) is 15.0. The lowest BCUT2D eigenvalue weighted by Gasteiger charge is -2.36. The number of aromatic amines is 1. The highest BCUT2D eigenvalue weighted by Gasteiger charge is 2.65. The summed E-state index contributed by atoms with van der Waals surface area (Å²) in [7, 11) is -3.63. The van der Waals surface area contributed by atoms with Crippen LogP contribution in [0.4, 0.5) is 5.82 Å². The Labute approximate surface area is 132 Å². The van der Waals surface area contributed by atoms with Crippen LogP contribution in [0.5, 0.6) is 0 Å². The number of hydrogen-bond donors (Lipinski definition) is 2. The average molecular weight is 376 g/mol. The molecule has 21 heavy (non-hydrogen) atoms. The molecule has 116 valence electrons. The normalized spacial score (nSPS) is 30.8. The first-order valence-electron chi connectivity index (χ1n) is 6.91. The number of Topliss-reactive ketones (excluding diaryl/α,β-unsaturated/α-hetero) is 1. The van der Waals surface area contributed by atoms with Crippen molar-refractivity contribution >= 4 is 37.6 Å². The van der Waals surface area contributed by atoms with Gasteiger partial charge in [0.25, 0.3) is 0 Å². The minimum atomic E-state index is -3.63. The molecule has 2 aliphatic rings. The van der Waals surface area contributed by atoms with E-state index >= 15 is 0 Å². The van der Waals surface area contributed by atoms with Gasteiger partial charge in [0.05, 0.1) is 21.8 Å². The Morgan fingerprint density at radius 3 is 2.71 bits per heavy atom. The van der Waals surface area contributed by atoms with Crippen LogP contribution in [0.2, 0.25) is 0 Å². The number of halogens is 1. The second kappa shape index (κ2) is 4.55. The van der Waals surface area contributed by atoms with Crippen molar-refractivity contribution in [3.05, 3.63) is 10.7 Å². The van der Waals surface area contributed by atoms with Crippen LogP contribution in [0.15, 0.2) is 10.7 Å². The summed E-state index contributed by atoms with van der Waals surface area (Å²) in [6, 6.07) is 0. The Morgan fingerprint density at radius 1 is 1.52 bits per heavy atom. The zero-order valence-electron chi connectivity index (χ0n) is 11.9. The van der Waals surface area contributed by atoms with Crippen molar-refractivity contribution < 1.29 is 13.2 Å². The van der Waals surface area contributed by atoms with Gasteiger partial charge >= 0.3 is 0 Å². The lowest BCUT2D eigenvalue weighted by Crippen LogP contribution is -2.43. The van der Waals surface area contributed by atoms with Crippen molar-refractivity contribution in [1.82, 2.24) is 10.2 Å². The molecule has 1 aromatic rings. The van der Waals surface area contributed by atoms with E-state index < -0.39 is 15.4 Å². The molecule has 1 aromatic heterocycles. The van der Waals surface area contributed by atoms with E-state index in [0.29, 0.717) is 29.1 Å². The molecule has 1 heterocycles. The first-order valence-corrected chi connectivity index (χ1v) is 9.35. The van der Waals surface area contributed by atoms with Gasteiger partial charge in [-0.3, -0.25) is 14.6 Å². The molecule has 0 radical (unpaired) electrons. The van der Waals surface area contributed by atoms with E-state index in [2.05, 4.69) is 30.8 Å². The number of fused-ring (bicyclic) bond motifs is 2. The molecule has 2 aliphatic carbocycles. The summed E-state index contributed by atoms with van der Waals surface area (Å²) in [6.45, 7) is 4.05. The van der Waals surface area contributed by atoms with Crippen LogP contribution < -0.4 is 4.72 Å². The summed E-state index contributed by atoms with van der Waals surface area (Å²) in [5, 5.41) is 6.35.